The van der Waals surface area contributed by atoms with E-state index in [9.17, 15) is 14.9 Å². The summed E-state index contributed by atoms with van der Waals surface area (Å²) in [4.78, 5) is 27.6. The van der Waals surface area contributed by atoms with Gasteiger partial charge in [0, 0.05) is 50.0 Å². The molecule has 4 rings (SSSR count). The van der Waals surface area contributed by atoms with Crippen molar-refractivity contribution in [2.45, 2.75) is 20.4 Å². The van der Waals surface area contributed by atoms with Crippen LogP contribution in [0.2, 0.25) is 0 Å². The number of para-hydroxylation sites is 2. The normalized spacial score (nSPS) is 14.6. The number of aryl methyl sites for hydroxylation is 1. The zero-order valence-corrected chi connectivity index (χ0v) is 17.7. The standard InChI is InChI=1S/C23H25N5O3/c1-17-21(18(2)27(24-17)19-8-4-3-5-9-19)16-25-12-14-26(15-13-25)23(29)20-10-6-7-11-22(20)28(30)31/h3-11H,12-16H2,1-2H3. The lowest BCUT2D eigenvalue weighted by Gasteiger charge is -2.34. The molecule has 1 saturated heterocycles. The maximum Gasteiger partial charge on any atom is 0.282 e. The first-order valence-corrected chi connectivity index (χ1v) is 10.3. The molecule has 0 atom stereocenters. The van der Waals surface area contributed by atoms with E-state index >= 15 is 0 Å². The molecule has 8 nitrogen and oxygen atoms in total. The number of nitro groups is 1. The van der Waals surface area contributed by atoms with Gasteiger partial charge in [-0.1, -0.05) is 30.3 Å². The van der Waals surface area contributed by atoms with E-state index in [2.05, 4.69) is 11.8 Å². The number of rotatable bonds is 5. The summed E-state index contributed by atoms with van der Waals surface area (Å²) < 4.78 is 1.97. The molecule has 0 bridgehead atoms. The molecule has 0 N–H and O–H groups in total. The molecular weight excluding hydrogens is 394 g/mol. The fourth-order valence-electron chi connectivity index (χ4n) is 4.04. The van der Waals surface area contributed by atoms with E-state index in [0.717, 1.165) is 23.6 Å². The maximum absolute atomic E-state index is 12.8. The number of benzene rings is 2. The number of carbonyl (C=O) groups is 1. The summed E-state index contributed by atoms with van der Waals surface area (Å²) in [5, 5.41) is 16.0. The molecule has 1 aliphatic rings. The third-order valence-electron chi connectivity index (χ3n) is 5.81. The molecule has 1 fully saturated rings. The Kier molecular flexibility index (Phi) is 5.81. The van der Waals surface area contributed by atoms with Gasteiger partial charge in [0.25, 0.3) is 11.6 Å². The molecule has 1 aliphatic heterocycles. The Balaban J connectivity index is 1.43. The van der Waals surface area contributed by atoms with Gasteiger partial charge in [0.05, 0.1) is 16.3 Å². The van der Waals surface area contributed by atoms with Crippen LogP contribution < -0.4 is 0 Å². The van der Waals surface area contributed by atoms with Crippen molar-refractivity contribution >= 4 is 11.6 Å². The average molecular weight is 419 g/mol. The van der Waals surface area contributed by atoms with Crippen LogP contribution >= 0.6 is 0 Å². The molecule has 160 valence electrons. The zero-order chi connectivity index (χ0) is 22.0. The molecule has 0 radical (unpaired) electrons. The van der Waals surface area contributed by atoms with Crippen molar-refractivity contribution in [3.63, 3.8) is 0 Å². The number of nitro benzene ring substituents is 1. The summed E-state index contributed by atoms with van der Waals surface area (Å²) in [5.74, 6) is -0.281. The first-order valence-electron chi connectivity index (χ1n) is 10.3. The third kappa shape index (κ3) is 4.20. The molecule has 0 aliphatic carbocycles. The van der Waals surface area contributed by atoms with E-state index in [4.69, 9.17) is 5.10 Å². The lowest BCUT2D eigenvalue weighted by atomic mass is 10.1. The van der Waals surface area contributed by atoms with Crippen molar-refractivity contribution in [2.24, 2.45) is 0 Å². The molecule has 1 amide bonds. The molecular formula is C23H25N5O3. The SMILES string of the molecule is Cc1nn(-c2ccccc2)c(C)c1CN1CCN(C(=O)c2ccccc2[N+](=O)[O-])CC1. The van der Waals surface area contributed by atoms with E-state index in [1.54, 1.807) is 17.0 Å². The number of hydrogen-bond acceptors (Lipinski definition) is 5. The molecule has 0 spiro atoms. The van der Waals surface area contributed by atoms with Crippen molar-refractivity contribution in [3.8, 4) is 5.69 Å². The van der Waals surface area contributed by atoms with Crippen LogP contribution in [0.3, 0.4) is 0 Å². The predicted molar refractivity (Wildman–Crippen MR) is 117 cm³/mol. The quantitative estimate of drug-likeness (QED) is 0.468. The van der Waals surface area contributed by atoms with Gasteiger partial charge in [-0.05, 0) is 32.0 Å². The number of nitrogens with zero attached hydrogens (tertiary/aromatic N) is 5. The first-order chi connectivity index (χ1) is 15.0. The fraction of sp³-hybridized carbons (Fsp3) is 0.304. The number of hydrogen-bond donors (Lipinski definition) is 0. The van der Waals surface area contributed by atoms with Gasteiger partial charge in [-0.25, -0.2) is 4.68 Å². The van der Waals surface area contributed by atoms with E-state index in [1.165, 1.54) is 17.7 Å². The highest BCUT2D eigenvalue weighted by Crippen LogP contribution is 2.22. The largest absolute Gasteiger partial charge is 0.336 e. The summed E-state index contributed by atoms with van der Waals surface area (Å²) in [6, 6.07) is 16.2. The van der Waals surface area contributed by atoms with Gasteiger partial charge >= 0.3 is 0 Å². The fourth-order valence-corrected chi connectivity index (χ4v) is 4.04. The van der Waals surface area contributed by atoms with Gasteiger partial charge in [0.15, 0.2) is 0 Å². The smallest absolute Gasteiger partial charge is 0.282 e. The lowest BCUT2D eigenvalue weighted by molar-refractivity contribution is -0.385. The van der Waals surface area contributed by atoms with Crippen LogP contribution in [0.1, 0.15) is 27.3 Å². The van der Waals surface area contributed by atoms with Crippen LogP contribution in [0.5, 0.6) is 0 Å². The number of piperazine rings is 1. The van der Waals surface area contributed by atoms with Gasteiger partial charge in [0.1, 0.15) is 5.56 Å². The number of carbonyl (C=O) groups excluding carboxylic acids is 1. The van der Waals surface area contributed by atoms with Gasteiger partial charge in [-0.3, -0.25) is 19.8 Å². The van der Waals surface area contributed by atoms with Crippen molar-refractivity contribution in [1.29, 1.82) is 0 Å². The third-order valence-corrected chi connectivity index (χ3v) is 5.81. The average Bonchev–Trinajstić information content (AvgIpc) is 3.08. The van der Waals surface area contributed by atoms with Crippen LogP contribution in [-0.4, -0.2) is 56.6 Å². The van der Waals surface area contributed by atoms with Gasteiger partial charge < -0.3 is 4.90 Å². The highest BCUT2D eigenvalue weighted by molar-refractivity contribution is 5.98. The Bertz CT molecular complexity index is 1100. The molecule has 2 aromatic carbocycles. The molecule has 31 heavy (non-hydrogen) atoms. The van der Waals surface area contributed by atoms with Crippen molar-refractivity contribution in [2.75, 3.05) is 26.2 Å². The van der Waals surface area contributed by atoms with Crippen LogP contribution in [0.25, 0.3) is 5.69 Å². The second kappa shape index (κ2) is 8.69. The minimum absolute atomic E-state index is 0.144. The van der Waals surface area contributed by atoms with Gasteiger partial charge in [-0.15, -0.1) is 0 Å². The van der Waals surface area contributed by atoms with Crippen molar-refractivity contribution in [1.82, 2.24) is 19.6 Å². The monoisotopic (exact) mass is 419 g/mol. The zero-order valence-electron chi connectivity index (χ0n) is 17.7. The van der Waals surface area contributed by atoms with E-state index in [1.807, 2.05) is 41.9 Å². The summed E-state index contributed by atoms with van der Waals surface area (Å²) >= 11 is 0. The van der Waals surface area contributed by atoms with Crippen LogP contribution in [0, 0.1) is 24.0 Å². The molecule has 3 aromatic rings. The summed E-state index contributed by atoms with van der Waals surface area (Å²) in [5.41, 5.74) is 4.35. The Labute approximate surface area is 180 Å². The Morgan fingerprint density at radius 3 is 2.32 bits per heavy atom. The molecule has 1 aromatic heterocycles. The van der Waals surface area contributed by atoms with E-state index in [0.29, 0.717) is 26.2 Å². The molecule has 0 saturated carbocycles. The molecule has 0 unspecified atom stereocenters. The second-order valence-corrected chi connectivity index (χ2v) is 7.74. The van der Waals surface area contributed by atoms with Gasteiger partial charge in [-0.2, -0.15) is 5.10 Å². The maximum atomic E-state index is 12.8. The van der Waals surface area contributed by atoms with E-state index in [-0.39, 0.29) is 17.2 Å². The molecule has 8 heteroatoms. The Morgan fingerprint density at radius 2 is 1.65 bits per heavy atom. The van der Waals surface area contributed by atoms with E-state index < -0.39 is 4.92 Å². The minimum Gasteiger partial charge on any atom is -0.336 e. The van der Waals surface area contributed by atoms with Crippen molar-refractivity contribution in [3.05, 3.63) is 87.2 Å². The summed E-state index contributed by atoms with van der Waals surface area (Å²) in [7, 11) is 0. The minimum atomic E-state index is -0.501. The number of aromatic nitrogens is 2. The lowest BCUT2D eigenvalue weighted by Crippen LogP contribution is -2.48. The topological polar surface area (TPSA) is 84.5 Å². The highest BCUT2D eigenvalue weighted by atomic mass is 16.6. The highest BCUT2D eigenvalue weighted by Gasteiger charge is 2.27. The number of amides is 1. The van der Waals surface area contributed by atoms with Crippen molar-refractivity contribution < 1.29 is 9.72 Å². The first kappa shape index (κ1) is 20.7. The van der Waals surface area contributed by atoms with Crippen LogP contribution in [0.4, 0.5) is 5.69 Å². The summed E-state index contributed by atoms with van der Waals surface area (Å²) in [6.07, 6.45) is 0. The van der Waals surface area contributed by atoms with Crippen LogP contribution in [-0.2, 0) is 6.54 Å². The summed E-state index contributed by atoms with van der Waals surface area (Å²) in [6.45, 7) is 7.36. The van der Waals surface area contributed by atoms with Crippen LogP contribution in [0.15, 0.2) is 54.6 Å². The Morgan fingerprint density at radius 1 is 1.00 bits per heavy atom. The second-order valence-electron chi connectivity index (χ2n) is 7.74. The Hall–Kier alpha value is -3.52. The van der Waals surface area contributed by atoms with Gasteiger partial charge in [0.2, 0.25) is 0 Å². The predicted octanol–water partition coefficient (Wildman–Crippen LogP) is 3.36. The molecule has 2 heterocycles.